The highest BCUT2D eigenvalue weighted by atomic mass is 35.5. The van der Waals surface area contributed by atoms with Crippen molar-refractivity contribution in [1.82, 2.24) is 4.72 Å². The minimum atomic E-state index is -3.42. The topological polar surface area (TPSA) is 72.2 Å². The quantitative estimate of drug-likeness (QED) is 0.842. The van der Waals surface area contributed by atoms with Crippen LogP contribution in [0.15, 0.2) is 18.2 Å². The lowest BCUT2D eigenvalue weighted by Gasteiger charge is -2.12. The molecule has 0 aromatic heterocycles. The molecule has 0 bridgehead atoms. The highest BCUT2D eigenvalue weighted by Gasteiger charge is 2.29. The molecule has 1 saturated carbocycles. The monoisotopic (exact) mass is 322 g/mol. The van der Waals surface area contributed by atoms with Gasteiger partial charge in [-0.25, -0.2) is 13.1 Å². The molecule has 7 heteroatoms. The van der Waals surface area contributed by atoms with Gasteiger partial charge in [0.25, 0.3) is 0 Å². The van der Waals surface area contributed by atoms with E-state index < -0.39 is 10.0 Å². The summed E-state index contributed by atoms with van der Waals surface area (Å²) in [6, 6.07) is 4.65. The summed E-state index contributed by atoms with van der Waals surface area (Å²) in [6.45, 7) is 0.279. The molecule has 1 aromatic rings. The molecule has 4 nitrogen and oxygen atoms in total. The first-order valence-electron chi connectivity index (χ1n) is 6.03. The van der Waals surface area contributed by atoms with Crippen LogP contribution in [0.3, 0.4) is 0 Å². The SMILES string of the molecule is NC(CNS(=O)(=O)Cc1cc(Cl)cc(Cl)c1)C1CC1. The number of sulfonamides is 1. The maximum Gasteiger partial charge on any atom is 0.215 e. The van der Waals surface area contributed by atoms with E-state index in [0.717, 1.165) is 12.8 Å². The Balaban J connectivity index is 1.95. The van der Waals surface area contributed by atoms with Crippen LogP contribution in [0.2, 0.25) is 10.0 Å². The van der Waals surface area contributed by atoms with Crippen molar-refractivity contribution in [3.8, 4) is 0 Å². The summed E-state index contributed by atoms with van der Waals surface area (Å²) < 4.78 is 26.4. The zero-order chi connectivity index (χ0) is 14.0. The third kappa shape index (κ3) is 4.93. The van der Waals surface area contributed by atoms with Crippen LogP contribution in [-0.4, -0.2) is 21.0 Å². The van der Waals surface area contributed by atoms with Crippen molar-refractivity contribution in [3.63, 3.8) is 0 Å². The van der Waals surface area contributed by atoms with Gasteiger partial charge in [0, 0.05) is 22.6 Å². The highest BCUT2D eigenvalue weighted by molar-refractivity contribution is 7.88. The van der Waals surface area contributed by atoms with E-state index in [0.29, 0.717) is 21.5 Å². The van der Waals surface area contributed by atoms with E-state index in [-0.39, 0.29) is 18.3 Å². The maximum atomic E-state index is 11.9. The fourth-order valence-electron chi connectivity index (χ4n) is 1.88. The molecule has 1 fully saturated rings. The fraction of sp³-hybridized carbons (Fsp3) is 0.500. The fourth-order valence-corrected chi connectivity index (χ4v) is 3.60. The van der Waals surface area contributed by atoms with Crippen LogP contribution in [0.5, 0.6) is 0 Å². The number of benzene rings is 1. The van der Waals surface area contributed by atoms with Crippen LogP contribution in [0.1, 0.15) is 18.4 Å². The molecule has 1 aromatic carbocycles. The minimum Gasteiger partial charge on any atom is -0.326 e. The van der Waals surface area contributed by atoms with E-state index in [1.54, 1.807) is 18.2 Å². The van der Waals surface area contributed by atoms with Crippen LogP contribution < -0.4 is 10.5 Å². The molecule has 1 unspecified atom stereocenters. The van der Waals surface area contributed by atoms with Crippen LogP contribution in [-0.2, 0) is 15.8 Å². The molecule has 1 atom stereocenters. The molecule has 1 aliphatic carbocycles. The van der Waals surface area contributed by atoms with Crippen molar-refractivity contribution in [2.24, 2.45) is 11.7 Å². The van der Waals surface area contributed by atoms with Gasteiger partial charge in [0.2, 0.25) is 10.0 Å². The Morgan fingerprint density at radius 3 is 2.37 bits per heavy atom. The van der Waals surface area contributed by atoms with Crippen molar-refractivity contribution < 1.29 is 8.42 Å². The van der Waals surface area contributed by atoms with Crippen LogP contribution in [0.25, 0.3) is 0 Å². The van der Waals surface area contributed by atoms with Gasteiger partial charge in [-0.2, -0.15) is 0 Å². The minimum absolute atomic E-state index is 0.0993. The molecule has 3 N–H and O–H groups in total. The molecule has 0 amide bonds. The Kier molecular flexibility index (Phi) is 4.74. The second-order valence-corrected chi connectivity index (χ2v) is 7.57. The zero-order valence-electron chi connectivity index (χ0n) is 10.3. The molecular weight excluding hydrogens is 307 g/mol. The third-order valence-corrected chi connectivity index (χ3v) is 4.80. The van der Waals surface area contributed by atoms with Crippen molar-refractivity contribution in [3.05, 3.63) is 33.8 Å². The molecule has 0 saturated heterocycles. The van der Waals surface area contributed by atoms with Gasteiger partial charge in [-0.15, -0.1) is 0 Å². The molecule has 2 rings (SSSR count). The summed E-state index contributed by atoms with van der Waals surface area (Å²) in [5, 5.41) is 0.847. The van der Waals surface area contributed by atoms with Gasteiger partial charge in [0.1, 0.15) is 0 Å². The molecule has 0 heterocycles. The van der Waals surface area contributed by atoms with Gasteiger partial charge in [-0.3, -0.25) is 0 Å². The van der Waals surface area contributed by atoms with Crippen molar-refractivity contribution in [2.75, 3.05) is 6.54 Å². The number of halogens is 2. The van der Waals surface area contributed by atoms with Crippen LogP contribution in [0, 0.1) is 5.92 Å². The lowest BCUT2D eigenvalue weighted by atomic mass is 10.2. The summed E-state index contributed by atoms with van der Waals surface area (Å²) in [6.07, 6.45) is 2.18. The molecular formula is C12H16Cl2N2O2S. The van der Waals surface area contributed by atoms with Gasteiger partial charge >= 0.3 is 0 Å². The first-order chi connectivity index (χ1) is 8.85. The first kappa shape index (κ1) is 15.1. The van der Waals surface area contributed by atoms with Gasteiger partial charge in [-0.1, -0.05) is 23.2 Å². The Bertz CT molecular complexity index is 539. The van der Waals surface area contributed by atoms with Gasteiger partial charge in [0.15, 0.2) is 0 Å². The zero-order valence-corrected chi connectivity index (χ0v) is 12.6. The molecule has 0 radical (unpaired) electrons. The first-order valence-corrected chi connectivity index (χ1v) is 8.44. The average Bonchev–Trinajstić information content (AvgIpc) is 3.07. The van der Waals surface area contributed by atoms with Gasteiger partial charge in [-0.05, 0) is 42.5 Å². The Hall–Kier alpha value is -0.330. The molecule has 106 valence electrons. The summed E-state index contributed by atoms with van der Waals surface area (Å²) >= 11 is 11.7. The van der Waals surface area contributed by atoms with Crippen molar-refractivity contribution >= 4 is 33.2 Å². The maximum absolute atomic E-state index is 11.9. The molecule has 0 spiro atoms. The Morgan fingerprint density at radius 2 is 1.84 bits per heavy atom. The van der Waals surface area contributed by atoms with Crippen LogP contribution >= 0.6 is 23.2 Å². The number of rotatable bonds is 6. The lowest BCUT2D eigenvalue weighted by Crippen LogP contribution is -2.39. The predicted octanol–water partition coefficient (Wildman–Crippen LogP) is 2.15. The second kappa shape index (κ2) is 5.97. The number of nitrogens with two attached hydrogens (primary N) is 1. The van der Waals surface area contributed by atoms with E-state index in [2.05, 4.69) is 4.72 Å². The summed E-state index contributed by atoms with van der Waals surface area (Å²) in [5.41, 5.74) is 6.42. The highest BCUT2D eigenvalue weighted by Crippen LogP contribution is 2.31. The van der Waals surface area contributed by atoms with E-state index in [9.17, 15) is 8.42 Å². The van der Waals surface area contributed by atoms with E-state index in [1.165, 1.54) is 0 Å². The third-order valence-electron chi connectivity index (χ3n) is 3.05. The summed E-state index contributed by atoms with van der Waals surface area (Å²) in [7, 11) is -3.42. The Labute approximate surface area is 123 Å². The van der Waals surface area contributed by atoms with Crippen molar-refractivity contribution in [1.29, 1.82) is 0 Å². The lowest BCUT2D eigenvalue weighted by molar-refractivity contribution is 0.547. The second-order valence-electron chi connectivity index (χ2n) is 4.89. The van der Waals surface area contributed by atoms with Crippen LogP contribution in [0.4, 0.5) is 0 Å². The molecule has 1 aliphatic rings. The van der Waals surface area contributed by atoms with E-state index in [4.69, 9.17) is 28.9 Å². The normalized spacial score (nSPS) is 17.4. The standard InChI is InChI=1S/C12H16Cl2N2O2S/c13-10-3-8(4-11(14)5-10)7-19(17,18)16-6-12(15)9-1-2-9/h3-5,9,12,16H,1-2,6-7,15H2. The summed E-state index contributed by atoms with van der Waals surface area (Å²) in [5.74, 6) is 0.313. The Morgan fingerprint density at radius 1 is 1.26 bits per heavy atom. The summed E-state index contributed by atoms with van der Waals surface area (Å²) in [4.78, 5) is 0. The largest absolute Gasteiger partial charge is 0.326 e. The van der Waals surface area contributed by atoms with Gasteiger partial charge in [0.05, 0.1) is 5.75 Å². The average molecular weight is 323 g/mol. The number of hydrogen-bond donors (Lipinski definition) is 2. The molecule has 19 heavy (non-hydrogen) atoms. The smallest absolute Gasteiger partial charge is 0.215 e. The van der Waals surface area contributed by atoms with E-state index >= 15 is 0 Å². The van der Waals surface area contributed by atoms with Crippen molar-refractivity contribution in [2.45, 2.75) is 24.6 Å². The van der Waals surface area contributed by atoms with E-state index in [1.807, 2.05) is 0 Å². The van der Waals surface area contributed by atoms with Gasteiger partial charge < -0.3 is 5.73 Å². The predicted molar refractivity (Wildman–Crippen MR) is 77.8 cm³/mol. The number of hydrogen-bond acceptors (Lipinski definition) is 3. The number of nitrogens with one attached hydrogen (secondary N) is 1. The molecule has 0 aliphatic heterocycles.